The van der Waals surface area contributed by atoms with Crippen LogP contribution in [0.2, 0.25) is 0 Å². The number of aromatic amines is 1. The maximum atomic E-state index is 12.6. The third-order valence-corrected chi connectivity index (χ3v) is 4.19. The van der Waals surface area contributed by atoms with E-state index in [0.717, 1.165) is 12.1 Å². The lowest BCUT2D eigenvalue weighted by molar-refractivity contribution is 0.0949. The lowest BCUT2D eigenvalue weighted by Gasteiger charge is -2.08. The van der Waals surface area contributed by atoms with Gasteiger partial charge in [0.15, 0.2) is 0 Å². The molecule has 0 fully saturated rings. The number of rotatable bonds is 6. The molecule has 1 heterocycles. The van der Waals surface area contributed by atoms with Gasteiger partial charge < -0.3 is 20.4 Å². The summed E-state index contributed by atoms with van der Waals surface area (Å²) in [6, 6.07) is 13.1. The Labute approximate surface area is 163 Å². The van der Waals surface area contributed by atoms with E-state index in [0.29, 0.717) is 23.2 Å². The largest absolute Gasteiger partial charge is 0.497 e. The molecule has 0 radical (unpaired) electrons. The zero-order valence-corrected chi connectivity index (χ0v) is 16.0. The van der Waals surface area contributed by atoms with Crippen LogP contribution < -0.4 is 20.8 Å². The SMILES string of the molecule is CNCc1ccc(CNC(=O)c2c[nH]c3ccc(OC)cc3c2=O)cc1.Cl. The summed E-state index contributed by atoms with van der Waals surface area (Å²) in [7, 11) is 3.43. The second kappa shape index (κ2) is 9.21. The fraction of sp³-hybridized carbons (Fsp3) is 0.200. The maximum absolute atomic E-state index is 12.6. The average Bonchev–Trinajstić information content (AvgIpc) is 2.67. The van der Waals surface area contributed by atoms with E-state index in [1.807, 2.05) is 31.3 Å². The third-order valence-electron chi connectivity index (χ3n) is 4.19. The van der Waals surface area contributed by atoms with Gasteiger partial charge in [-0.25, -0.2) is 0 Å². The summed E-state index contributed by atoms with van der Waals surface area (Å²) in [5, 5.41) is 6.31. The first-order chi connectivity index (χ1) is 12.6. The van der Waals surface area contributed by atoms with Crippen molar-refractivity contribution in [1.29, 1.82) is 0 Å². The number of aromatic nitrogens is 1. The Morgan fingerprint density at radius 3 is 2.37 bits per heavy atom. The van der Waals surface area contributed by atoms with Crippen molar-refractivity contribution in [2.75, 3.05) is 14.2 Å². The Hall–Kier alpha value is -2.83. The maximum Gasteiger partial charge on any atom is 0.257 e. The molecule has 27 heavy (non-hydrogen) atoms. The van der Waals surface area contributed by atoms with Gasteiger partial charge in [-0.05, 0) is 36.4 Å². The number of nitrogens with one attached hydrogen (secondary N) is 3. The summed E-state index contributed by atoms with van der Waals surface area (Å²) in [4.78, 5) is 28.0. The molecule has 7 heteroatoms. The van der Waals surface area contributed by atoms with Gasteiger partial charge in [-0.3, -0.25) is 9.59 Å². The van der Waals surface area contributed by atoms with E-state index >= 15 is 0 Å². The molecule has 0 aliphatic heterocycles. The number of amides is 1. The predicted octanol–water partition coefficient (Wildman–Crippen LogP) is 2.61. The van der Waals surface area contributed by atoms with E-state index in [-0.39, 0.29) is 23.4 Å². The summed E-state index contributed by atoms with van der Waals surface area (Å²) in [5.41, 5.74) is 2.56. The highest BCUT2D eigenvalue weighted by atomic mass is 35.5. The molecule has 0 unspecified atom stereocenters. The van der Waals surface area contributed by atoms with Gasteiger partial charge in [0.05, 0.1) is 7.11 Å². The van der Waals surface area contributed by atoms with Crippen molar-refractivity contribution in [3.8, 4) is 5.75 Å². The lowest BCUT2D eigenvalue weighted by atomic mass is 10.1. The van der Waals surface area contributed by atoms with Gasteiger partial charge >= 0.3 is 0 Å². The molecular formula is C20H22ClN3O3. The molecule has 0 aliphatic rings. The summed E-state index contributed by atoms with van der Waals surface area (Å²) in [6.45, 7) is 1.15. The number of fused-ring (bicyclic) bond motifs is 1. The van der Waals surface area contributed by atoms with E-state index in [1.165, 1.54) is 18.9 Å². The Morgan fingerprint density at radius 2 is 1.74 bits per heavy atom. The van der Waals surface area contributed by atoms with Gasteiger partial charge in [0.2, 0.25) is 5.43 Å². The van der Waals surface area contributed by atoms with Crippen molar-refractivity contribution in [3.05, 3.63) is 75.6 Å². The van der Waals surface area contributed by atoms with Crippen LogP contribution in [0.25, 0.3) is 10.9 Å². The van der Waals surface area contributed by atoms with E-state index in [9.17, 15) is 9.59 Å². The molecule has 0 saturated heterocycles. The Morgan fingerprint density at radius 1 is 1.07 bits per heavy atom. The van der Waals surface area contributed by atoms with Crippen LogP contribution in [0.4, 0.5) is 0 Å². The fourth-order valence-electron chi connectivity index (χ4n) is 2.75. The molecule has 2 aromatic carbocycles. The second-order valence-electron chi connectivity index (χ2n) is 5.97. The van der Waals surface area contributed by atoms with Crippen molar-refractivity contribution in [2.45, 2.75) is 13.1 Å². The quantitative estimate of drug-likeness (QED) is 0.607. The van der Waals surface area contributed by atoms with Crippen LogP contribution >= 0.6 is 12.4 Å². The number of H-pyrrole nitrogens is 1. The standard InChI is InChI=1S/C20H21N3O3.ClH/c1-21-10-13-3-5-14(6-4-13)11-23-20(25)17-12-22-18-8-7-15(26-2)9-16(18)19(17)24;/h3-9,12,21H,10-11H2,1-2H3,(H,22,24)(H,23,25);1H. The molecule has 1 amide bonds. The molecule has 0 bridgehead atoms. The third kappa shape index (κ3) is 4.67. The van der Waals surface area contributed by atoms with Gasteiger partial charge in [0.25, 0.3) is 5.91 Å². The summed E-state index contributed by atoms with van der Waals surface area (Å²) in [6.07, 6.45) is 1.45. The zero-order chi connectivity index (χ0) is 18.5. The number of ether oxygens (including phenoxy) is 1. The van der Waals surface area contributed by atoms with Crippen LogP contribution in [0.3, 0.4) is 0 Å². The van der Waals surface area contributed by atoms with Gasteiger partial charge in [-0.2, -0.15) is 0 Å². The highest BCUT2D eigenvalue weighted by molar-refractivity contribution is 5.97. The number of halogens is 1. The molecule has 0 saturated carbocycles. The second-order valence-corrected chi connectivity index (χ2v) is 5.97. The van der Waals surface area contributed by atoms with Gasteiger partial charge in [0.1, 0.15) is 11.3 Å². The Bertz CT molecular complexity index is 984. The number of methoxy groups -OCH3 is 1. The van der Waals surface area contributed by atoms with E-state index < -0.39 is 5.91 Å². The van der Waals surface area contributed by atoms with E-state index in [2.05, 4.69) is 15.6 Å². The number of benzene rings is 2. The van der Waals surface area contributed by atoms with Crippen molar-refractivity contribution in [3.63, 3.8) is 0 Å². The van der Waals surface area contributed by atoms with Crippen LogP contribution in [0.5, 0.6) is 5.75 Å². The molecule has 0 aliphatic carbocycles. The van der Waals surface area contributed by atoms with Crippen molar-refractivity contribution >= 4 is 29.2 Å². The van der Waals surface area contributed by atoms with Crippen molar-refractivity contribution in [2.24, 2.45) is 0 Å². The fourth-order valence-corrected chi connectivity index (χ4v) is 2.75. The van der Waals surface area contributed by atoms with Crippen LogP contribution in [0, 0.1) is 0 Å². The molecule has 0 atom stereocenters. The van der Waals surface area contributed by atoms with Crippen LogP contribution in [0.1, 0.15) is 21.5 Å². The number of pyridine rings is 1. The summed E-state index contributed by atoms with van der Waals surface area (Å²) >= 11 is 0. The van der Waals surface area contributed by atoms with Crippen LogP contribution in [-0.4, -0.2) is 25.0 Å². The highest BCUT2D eigenvalue weighted by Gasteiger charge is 2.13. The smallest absolute Gasteiger partial charge is 0.257 e. The van der Waals surface area contributed by atoms with Crippen molar-refractivity contribution in [1.82, 2.24) is 15.6 Å². The summed E-state index contributed by atoms with van der Waals surface area (Å²) < 4.78 is 5.15. The average molecular weight is 388 g/mol. The first kappa shape index (κ1) is 20.5. The molecule has 0 spiro atoms. The Kier molecular flexibility index (Phi) is 6.98. The van der Waals surface area contributed by atoms with Gasteiger partial charge in [-0.15, -0.1) is 12.4 Å². The molecular weight excluding hydrogens is 366 g/mol. The monoisotopic (exact) mass is 387 g/mol. The molecule has 6 nitrogen and oxygen atoms in total. The van der Waals surface area contributed by atoms with Crippen molar-refractivity contribution < 1.29 is 9.53 Å². The lowest BCUT2D eigenvalue weighted by Crippen LogP contribution is -2.28. The normalized spacial score (nSPS) is 10.3. The van der Waals surface area contributed by atoms with Gasteiger partial charge in [-0.1, -0.05) is 24.3 Å². The Balaban J connectivity index is 0.00000261. The first-order valence-corrected chi connectivity index (χ1v) is 8.32. The van der Waals surface area contributed by atoms with Gasteiger partial charge in [0, 0.05) is 30.2 Å². The minimum Gasteiger partial charge on any atom is -0.497 e. The minimum atomic E-state index is -0.407. The molecule has 3 rings (SSSR count). The molecule has 1 aromatic heterocycles. The van der Waals surface area contributed by atoms with Crippen LogP contribution in [0.15, 0.2) is 53.5 Å². The highest BCUT2D eigenvalue weighted by Crippen LogP contribution is 2.16. The summed E-state index contributed by atoms with van der Waals surface area (Å²) in [5.74, 6) is 0.164. The number of hydrogen-bond donors (Lipinski definition) is 3. The van der Waals surface area contributed by atoms with E-state index in [1.54, 1.807) is 18.2 Å². The van der Waals surface area contributed by atoms with E-state index in [4.69, 9.17) is 4.74 Å². The predicted molar refractivity (Wildman–Crippen MR) is 109 cm³/mol. The number of carbonyl (C=O) groups is 1. The number of hydrogen-bond acceptors (Lipinski definition) is 4. The first-order valence-electron chi connectivity index (χ1n) is 8.32. The molecule has 142 valence electrons. The minimum absolute atomic E-state index is 0. The van der Waals surface area contributed by atoms with Crippen LogP contribution in [-0.2, 0) is 13.1 Å². The number of carbonyl (C=O) groups excluding carboxylic acids is 1. The molecule has 3 N–H and O–H groups in total. The zero-order valence-electron chi connectivity index (χ0n) is 15.2. The topological polar surface area (TPSA) is 83.2 Å². The molecule has 3 aromatic rings.